The number of para-hydroxylation sites is 1. The van der Waals surface area contributed by atoms with Gasteiger partial charge in [-0.1, -0.05) is 41.9 Å². The Kier molecular flexibility index (Phi) is 6.80. The zero-order valence-electron chi connectivity index (χ0n) is 17.5. The summed E-state index contributed by atoms with van der Waals surface area (Å²) < 4.78 is 14.8. The highest BCUT2D eigenvalue weighted by atomic mass is 35.5. The molecule has 3 aromatic carbocycles. The Morgan fingerprint density at radius 2 is 1.70 bits per heavy atom. The van der Waals surface area contributed by atoms with Crippen LogP contribution in [0.25, 0.3) is 10.9 Å². The van der Waals surface area contributed by atoms with Crippen molar-refractivity contribution in [3.63, 3.8) is 0 Å². The number of fused-ring (bicyclic) bond motifs is 1. The lowest BCUT2D eigenvalue weighted by atomic mass is 10.1. The van der Waals surface area contributed by atoms with Gasteiger partial charge in [-0.05, 0) is 48.0 Å². The second kappa shape index (κ2) is 10.1. The molecule has 0 aliphatic carbocycles. The largest absolute Gasteiger partial charge is 0.337 e. The lowest BCUT2D eigenvalue weighted by molar-refractivity contribution is -0.120. The third-order valence-corrected chi connectivity index (χ3v) is 5.18. The van der Waals surface area contributed by atoms with Crippen molar-refractivity contribution >= 4 is 46.2 Å². The number of rotatable bonds is 7. The normalized spacial score (nSPS) is 11.1. The van der Waals surface area contributed by atoms with Crippen molar-refractivity contribution in [2.45, 2.75) is 13.0 Å². The zero-order valence-corrected chi connectivity index (χ0v) is 18.2. The molecular weight excluding hydrogens is 443 g/mol. The van der Waals surface area contributed by atoms with E-state index in [1.807, 2.05) is 35.0 Å². The van der Waals surface area contributed by atoms with Crippen molar-refractivity contribution in [3.05, 3.63) is 101 Å². The highest BCUT2D eigenvalue weighted by Gasteiger charge is 2.11. The third kappa shape index (κ3) is 5.84. The fourth-order valence-electron chi connectivity index (χ4n) is 3.40. The van der Waals surface area contributed by atoms with Crippen molar-refractivity contribution in [2.75, 3.05) is 5.32 Å². The lowest BCUT2D eigenvalue weighted by Crippen LogP contribution is -2.19. The average molecular weight is 463 g/mol. The molecule has 2 N–H and O–H groups in total. The Labute approximate surface area is 194 Å². The number of carbonyl (C=O) groups is 2. The van der Waals surface area contributed by atoms with Crippen molar-refractivity contribution in [2.24, 2.45) is 5.10 Å². The second-order valence-corrected chi connectivity index (χ2v) is 7.82. The molecule has 0 atom stereocenters. The Hall–Kier alpha value is -3.97. The number of nitrogens with zero attached hydrogens (tertiary/aromatic N) is 2. The summed E-state index contributed by atoms with van der Waals surface area (Å²) in [6, 6.07) is 20.2. The molecule has 0 saturated carbocycles. The summed E-state index contributed by atoms with van der Waals surface area (Å²) in [7, 11) is 0. The molecule has 2 amide bonds. The van der Waals surface area contributed by atoms with E-state index in [2.05, 4.69) is 15.8 Å². The number of nitrogens with one attached hydrogen (secondary N) is 2. The molecule has 0 saturated heterocycles. The smallest absolute Gasteiger partial charge is 0.244 e. The van der Waals surface area contributed by atoms with Crippen LogP contribution in [-0.4, -0.2) is 22.6 Å². The number of aromatic nitrogens is 1. The van der Waals surface area contributed by atoms with Gasteiger partial charge in [-0.2, -0.15) is 5.10 Å². The number of benzene rings is 3. The first kappa shape index (κ1) is 22.2. The third-order valence-electron chi connectivity index (χ3n) is 4.93. The Balaban J connectivity index is 1.43. The molecule has 4 aromatic rings. The molecule has 6 nitrogen and oxygen atoms in total. The predicted molar refractivity (Wildman–Crippen MR) is 128 cm³/mol. The molecule has 0 fully saturated rings. The summed E-state index contributed by atoms with van der Waals surface area (Å²) in [5.41, 5.74) is 5.45. The van der Waals surface area contributed by atoms with Gasteiger partial charge in [-0.3, -0.25) is 9.59 Å². The molecule has 0 bridgehead atoms. The molecule has 8 heteroatoms. The summed E-state index contributed by atoms with van der Waals surface area (Å²) in [5, 5.41) is 8.38. The molecule has 4 rings (SSSR count). The number of hydrogen-bond acceptors (Lipinski definition) is 3. The first-order valence-electron chi connectivity index (χ1n) is 10.2. The standard InChI is InChI=1S/C25H20ClFN4O2/c26-19-7-11-21(12-8-19)29-25(33)16-31-15-18(22-3-1-2-4-23(22)31)14-28-30-24(32)13-17-5-9-20(27)10-6-17/h1-12,14-15H,13,16H2,(H,29,33)(H,30,32)/b28-14+. The van der Waals surface area contributed by atoms with Crippen molar-refractivity contribution in [3.8, 4) is 0 Å². The van der Waals surface area contributed by atoms with Crippen LogP contribution in [0, 0.1) is 5.82 Å². The van der Waals surface area contributed by atoms with Gasteiger partial charge in [0.05, 0.1) is 12.6 Å². The van der Waals surface area contributed by atoms with Gasteiger partial charge in [0, 0.05) is 33.4 Å². The van der Waals surface area contributed by atoms with Crippen LogP contribution in [-0.2, 0) is 22.6 Å². The molecule has 1 aromatic heterocycles. The van der Waals surface area contributed by atoms with E-state index >= 15 is 0 Å². The minimum Gasteiger partial charge on any atom is -0.337 e. The number of hydrazone groups is 1. The van der Waals surface area contributed by atoms with Crippen LogP contribution in [0.1, 0.15) is 11.1 Å². The molecule has 0 spiro atoms. The monoisotopic (exact) mass is 462 g/mol. The van der Waals surface area contributed by atoms with Crippen molar-refractivity contribution in [1.82, 2.24) is 9.99 Å². The zero-order chi connectivity index (χ0) is 23.2. The van der Waals surface area contributed by atoms with Crippen LogP contribution in [0.4, 0.5) is 10.1 Å². The number of amides is 2. The Morgan fingerprint density at radius 1 is 0.970 bits per heavy atom. The second-order valence-electron chi connectivity index (χ2n) is 7.38. The quantitative estimate of drug-likeness (QED) is 0.307. The van der Waals surface area contributed by atoms with Gasteiger partial charge in [0.1, 0.15) is 12.4 Å². The summed E-state index contributed by atoms with van der Waals surface area (Å²) >= 11 is 5.88. The van der Waals surface area contributed by atoms with Gasteiger partial charge >= 0.3 is 0 Å². The first-order chi connectivity index (χ1) is 16.0. The van der Waals surface area contributed by atoms with Gasteiger partial charge in [-0.15, -0.1) is 0 Å². The van der Waals surface area contributed by atoms with Crippen LogP contribution in [0.5, 0.6) is 0 Å². The van der Waals surface area contributed by atoms with Gasteiger partial charge in [0.2, 0.25) is 11.8 Å². The maximum absolute atomic E-state index is 13.0. The van der Waals surface area contributed by atoms with Crippen LogP contribution >= 0.6 is 11.6 Å². The van der Waals surface area contributed by atoms with Gasteiger partial charge in [-0.25, -0.2) is 9.82 Å². The summed E-state index contributed by atoms with van der Waals surface area (Å²) in [4.78, 5) is 24.7. The van der Waals surface area contributed by atoms with E-state index < -0.39 is 0 Å². The van der Waals surface area contributed by atoms with Crippen LogP contribution in [0.15, 0.2) is 84.1 Å². The van der Waals surface area contributed by atoms with E-state index in [0.717, 1.165) is 16.5 Å². The van der Waals surface area contributed by atoms with Gasteiger partial charge in [0.25, 0.3) is 0 Å². The van der Waals surface area contributed by atoms with Crippen LogP contribution in [0.2, 0.25) is 5.02 Å². The number of carbonyl (C=O) groups excluding carboxylic acids is 2. The van der Waals surface area contributed by atoms with Gasteiger partial charge in [0.15, 0.2) is 0 Å². The van der Waals surface area contributed by atoms with Gasteiger partial charge < -0.3 is 9.88 Å². The van der Waals surface area contributed by atoms with E-state index in [4.69, 9.17) is 11.6 Å². The summed E-state index contributed by atoms with van der Waals surface area (Å²) in [6.07, 6.45) is 3.44. The average Bonchev–Trinajstić information content (AvgIpc) is 3.14. The van der Waals surface area contributed by atoms with E-state index in [1.165, 1.54) is 12.1 Å². The van der Waals surface area contributed by atoms with E-state index in [1.54, 1.807) is 42.6 Å². The van der Waals surface area contributed by atoms with E-state index in [9.17, 15) is 14.0 Å². The highest BCUT2D eigenvalue weighted by molar-refractivity contribution is 6.30. The molecule has 0 unspecified atom stereocenters. The lowest BCUT2D eigenvalue weighted by Gasteiger charge is -2.07. The molecule has 0 aliphatic rings. The Morgan fingerprint density at radius 3 is 2.45 bits per heavy atom. The number of anilines is 1. The highest BCUT2D eigenvalue weighted by Crippen LogP contribution is 2.20. The molecule has 0 radical (unpaired) electrons. The molecule has 33 heavy (non-hydrogen) atoms. The Bertz CT molecular complexity index is 1310. The maximum Gasteiger partial charge on any atom is 0.244 e. The predicted octanol–water partition coefficient (Wildman–Crippen LogP) is 4.77. The fourth-order valence-corrected chi connectivity index (χ4v) is 3.52. The minimum absolute atomic E-state index is 0.0875. The number of halogens is 2. The van der Waals surface area contributed by atoms with Crippen LogP contribution < -0.4 is 10.7 Å². The van der Waals surface area contributed by atoms with Crippen LogP contribution in [0.3, 0.4) is 0 Å². The first-order valence-corrected chi connectivity index (χ1v) is 10.6. The topological polar surface area (TPSA) is 75.5 Å². The van der Waals surface area contributed by atoms with E-state index in [0.29, 0.717) is 16.3 Å². The minimum atomic E-state index is -0.351. The molecule has 0 aliphatic heterocycles. The SMILES string of the molecule is O=C(Cc1ccc(F)cc1)N/N=C/c1cn(CC(=O)Nc2ccc(Cl)cc2)c2ccccc12. The maximum atomic E-state index is 13.0. The summed E-state index contributed by atoms with van der Waals surface area (Å²) in [5.74, 6) is -0.853. The molecule has 1 heterocycles. The summed E-state index contributed by atoms with van der Waals surface area (Å²) in [6.45, 7) is 0.105. The van der Waals surface area contributed by atoms with Crippen molar-refractivity contribution < 1.29 is 14.0 Å². The molecular formula is C25H20ClFN4O2. The van der Waals surface area contributed by atoms with Crippen molar-refractivity contribution in [1.29, 1.82) is 0 Å². The van der Waals surface area contributed by atoms with E-state index in [-0.39, 0.29) is 30.6 Å². The number of hydrogen-bond donors (Lipinski definition) is 2. The fraction of sp³-hybridized carbons (Fsp3) is 0.0800. The molecule has 166 valence electrons.